The molecule has 1 fully saturated rings. The molecule has 0 atom stereocenters. The quantitative estimate of drug-likeness (QED) is 0.858. The molecule has 0 spiro atoms. The molecule has 1 aromatic rings. The van der Waals surface area contributed by atoms with Gasteiger partial charge in [-0.3, -0.25) is 4.90 Å². The smallest absolute Gasteiger partial charge is 0.107 e. The molecule has 1 saturated heterocycles. The minimum absolute atomic E-state index is 0. The number of hydrogen-bond acceptors (Lipinski definition) is 4. The van der Waals surface area contributed by atoms with E-state index in [1.807, 2.05) is 6.20 Å². The second-order valence-electron chi connectivity index (χ2n) is 5.56. The predicted molar refractivity (Wildman–Crippen MR) is 92.4 cm³/mol. The molecule has 0 unspecified atom stereocenters. The lowest BCUT2D eigenvalue weighted by Crippen LogP contribution is -2.43. The average molecular weight is 340 g/mol. The van der Waals surface area contributed by atoms with Crippen molar-refractivity contribution in [1.82, 2.24) is 15.2 Å². The zero-order valence-electron chi connectivity index (χ0n) is 12.4. The highest BCUT2D eigenvalue weighted by molar-refractivity contribution is 7.09. The van der Waals surface area contributed by atoms with Gasteiger partial charge < -0.3 is 5.32 Å². The first-order valence-electron chi connectivity index (χ1n) is 7.09. The van der Waals surface area contributed by atoms with E-state index in [9.17, 15) is 0 Å². The van der Waals surface area contributed by atoms with E-state index in [1.165, 1.54) is 43.9 Å². The Bertz CT molecular complexity index is 327. The van der Waals surface area contributed by atoms with Gasteiger partial charge in [-0.05, 0) is 44.8 Å². The highest BCUT2D eigenvalue weighted by Crippen LogP contribution is 2.18. The molecule has 0 saturated carbocycles. The fourth-order valence-electron chi connectivity index (χ4n) is 2.49. The van der Waals surface area contributed by atoms with Gasteiger partial charge in [0.25, 0.3) is 0 Å². The fraction of sp³-hybridized carbons (Fsp3) is 0.786. The molecular weight excluding hydrogens is 313 g/mol. The van der Waals surface area contributed by atoms with Crippen LogP contribution < -0.4 is 5.32 Å². The SMILES string of the molecule is CC(C)CCN(Cc1nccs1)C1CCNCC1.Cl.Cl. The molecule has 1 aliphatic rings. The van der Waals surface area contributed by atoms with E-state index in [2.05, 4.69) is 34.4 Å². The Balaban J connectivity index is 0.00000180. The van der Waals surface area contributed by atoms with E-state index in [0.717, 1.165) is 18.5 Å². The van der Waals surface area contributed by atoms with Crippen molar-refractivity contribution in [2.24, 2.45) is 5.92 Å². The fourth-order valence-corrected chi connectivity index (χ4v) is 3.13. The Labute approximate surface area is 139 Å². The van der Waals surface area contributed by atoms with Crippen molar-refractivity contribution in [2.75, 3.05) is 19.6 Å². The van der Waals surface area contributed by atoms with E-state index in [-0.39, 0.29) is 24.8 Å². The van der Waals surface area contributed by atoms with E-state index >= 15 is 0 Å². The van der Waals surface area contributed by atoms with Gasteiger partial charge in [-0.25, -0.2) is 4.98 Å². The number of rotatable bonds is 6. The number of aromatic nitrogens is 1. The van der Waals surface area contributed by atoms with Gasteiger partial charge in [-0.1, -0.05) is 13.8 Å². The van der Waals surface area contributed by atoms with Crippen LogP contribution >= 0.6 is 36.2 Å². The molecule has 0 radical (unpaired) electrons. The van der Waals surface area contributed by atoms with Gasteiger partial charge in [0.2, 0.25) is 0 Å². The molecule has 2 heterocycles. The van der Waals surface area contributed by atoms with Crippen molar-refractivity contribution in [1.29, 1.82) is 0 Å². The van der Waals surface area contributed by atoms with Crippen molar-refractivity contribution < 1.29 is 0 Å². The lowest BCUT2D eigenvalue weighted by Gasteiger charge is -2.34. The van der Waals surface area contributed by atoms with E-state index in [1.54, 1.807) is 11.3 Å². The van der Waals surface area contributed by atoms with Gasteiger partial charge in [0.15, 0.2) is 0 Å². The maximum Gasteiger partial charge on any atom is 0.107 e. The summed E-state index contributed by atoms with van der Waals surface area (Å²) in [6.07, 6.45) is 5.77. The predicted octanol–water partition coefficient (Wildman–Crippen LogP) is 3.59. The van der Waals surface area contributed by atoms with Gasteiger partial charge in [-0.2, -0.15) is 0 Å². The minimum atomic E-state index is 0. The Kier molecular flexibility index (Phi) is 10.9. The molecule has 3 nitrogen and oxygen atoms in total. The van der Waals surface area contributed by atoms with Gasteiger partial charge in [0.1, 0.15) is 5.01 Å². The van der Waals surface area contributed by atoms with Crippen molar-refractivity contribution in [2.45, 2.75) is 45.7 Å². The lowest BCUT2D eigenvalue weighted by molar-refractivity contribution is 0.146. The van der Waals surface area contributed by atoms with Crippen molar-refractivity contribution in [3.63, 3.8) is 0 Å². The summed E-state index contributed by atoms with van der Waals surface area (Å²) in [6, 6.07) is 0.744. The monoisotopic (exact) mass is 339 g/mol. The second-order valence-corrected chi connectivity index (χ2v) is 6.54. The Morgan fingerprint density at radius 2 is 2.05 bits per heavy atom. The zero-order valence-corrected chi connectivity index (χ0v) is 14.8. The summed E-state index contributed by atoms with van der Waals surface area (Å²) in [5, 5.41) is 6.80. The summed E-state index contributed by atoms with van der Waals surface area (Å²) in [7, 11) is 0. The van der Waals surface area contributed by atoms with E-state index < -0.39 is 0 Å². The van der Waals surface area contributed by atoms with Gasteiger partial charge >= 0.3 is 0 Å². The van der Waals surface area contributed by atoms with Gasteiger partial charge in [0.05, 0.1) is 6.54 Å². The number of thiazole rings is 1. The first-order chi connectivity index (χ1) is 8.75. The van der Waals surface area contributed by atoms with Gasteiger partial charge in [-0.15, -0.1) is 36.2 Å². The Morgan fingerprint density at radius 3 is 2.60 bits per heavy atom. The number of nitrogens with zero attached hydrogens (tertiary/aromatic N) is 2. The lowest BCUT2D eigenvalue weighted by atomic mass is 10.0. The molecule has 20 heavy (non-hydrogen) atoms. The van der Waals surface area contributed by atoms with E-state index in [4.69, 9.17) is 0 Å². The molecule has 1 N–H and O–H groups in total. The van der Waals surface area contributed by atoms with Crippen molar-refractivity contribution in [3.8, 4) is 0 Å². The van der Waals surface area contributed by atoms with Crippen LogP contribution in [0.3, 0.4) is 0 Å². The Hall–Kier alpha value is 0.130. The van der Waals surface area contributed by atoms with Crippen LogP contribution in [-0.2, 0) is 6.54 Å². The van der Waals surface area contributed by atoms with Crippen LogP contribution in [0.25, 0.3) is 0 Å². The third kappa shape index (κ3) is 6.72. The normalized spacial score (nSPS) is 16.0. The summed E-state index contributed by atoms with van der Waals surface area (Å²) in [5.74, 6) is 0.783. The van der Waals surface area contributed by atoms with Crippen LogP contribution in [0.1, 0.15) is 38.1 Å². The summed E-state index contributed by atoms with van der Waals surface area (Å²) in [5.41, 5.74) is 0. The first kappa shape index (κ1) is 20.1. The zero-order chi connectivity index (χ0) is 12.8. The molecule has 0 aliphatic carbocycles. The van der Waals surface area contributed by atoms with Crippen molar-refractivity contribution >= 4 is 36.2 Å². The molecule has 0 bridgehead atoms. The third-order valence-corrected chi connectivity index (χ3v) is 4.40. The summed E-state index contributed by atoms with van der Waals surface area (Å²) in [4.78, 5) is 7.09. The van der Waals surface area contributed by atoms with E-state index in [0.29, 0.717) is 0 Å². The standard InChI is InChI=1S/C14H25N3S.2ClH/c1-12(2)5-9-17(11-14-16-8-10-18-14)13-3-6-15-7-4-13;;/h8,10,12-13,15H,3-7,9,11H2,1-2H3;2*1H. The minimum Gasteiger partial charge on any atom is -0.317 e. The van der Waals surface area contributed by atoms with Crippen LogP contribution in [-0.4, -0.2) is 35.6 Å². The van der Waals surface area contributed by atoms with Crippen LogP contribution in [0.2, 0.25) is 0 Å². The molecule has 118 valence electrons. The number of piperidine rings is 1. The molecule has 0 aromatic carbocycles. The number of hydrogen-bond donors (Lipinski definition) is 1. The van der Waals surface area contributed by atoms with Crippen molar-refractivity contribution in [3.05, 3.63) is 16.6 Å². The van der Waals surface area contributed by atoms with Crippen LogP contribution in [0, 0.1) is 5.92 Å². The maximum absolute atomic E-state index is 4.44. The van der Waals surface area contributed by atoms with Crippen LogP contribution in [0.5, 0.6) is 0 Å². The molecule has 1 aliphatic heterocycles. The second kappa shape index (κ2) is 10.8. The first-order valence-corrected chi connectivity index (χ1v) is 7.97. The van der Waals surface area contributed by atoms with Crippen LogP contribution in [0.4, 0.5) is 0 Å². The highest BCUT2D eigenvalue weighted by atomic mass is 35.5. The number of nitrogens with one attached hydrogen (secondary N) is 1. The molecule has 2 rings (SSSR count). The van der Waals surface area contributed by atoms with Gasteiger partial charge in [0, 0.05) is 17.6 Å². The third-order valence-electron chi connectivity index (χ3n) is 3.64. The topological polar surface area (TPSA) is 28.2 Å². The highest BCUT2D eigenvalue weighted by Gasteiger charge is 2.21. The largest absolute Gasteiger partial charge is 0.317 e. The molecular formula is C14H27Cl2N3S. The number of halogens is 2. The summed E-state index contributed by atoms with van der Waals surface area (Å²) in [6.45, 7) is 9.20. The molecule has 0 amide bonds. The Morgan fingerprint density at radius 1 is 1.35 bits per heavy atom. The molecule has 6 heteroatoms. The van der Waals surface area contributed by atoms with Crippen LogP contribution in [0.15, 0.2) is 11.6 Å². The summed E-state index contributed by atoms with van der Waals surface area (Å²) < 4.78 is 0. The molecule has 1 aromatic heterocycles. The summed E-state index contributed by atoms with van der Waals surface area (Å²) >= 11 is 1.78. The maximum atomic E-state index is 4.44. The average Bonchev–Trinajstić information content (AvgIpc) is 2.88.